The maximum Gasteiger partial charge on any atom is 0.246 e. The van der Waals surface area contributed by atoms with E-state index in [1.54, 1.807) is 12.3 Å². The summed E-state index contributed by atoms with van der Waals surface area (Å²) in [5.41, 5.74) is 0. The normalized spacial score (nSPS) is 17.9. The molecule has 0 aliphatic carbocycles. The van der Waals surface area contributed by atoms with E-state index < -0.39 is 16.1 Å². The Morgan fingerprint density at radius 3 is 2.76 bits per heavy atom. The van der Waals surface area contributed by atoms with Crippen molar-refractivity contribution in [1.82, 2.24) is 9.29 Å². The van der Waals surface area contributed by atoms with Crippen LogP contribution in [0.4, 0.5) is 5.82 Å². The van der Waals surface area contributed by atoms with Crippen LogP contribution in [0.2, 0.25) is 0 Å². The summed E-state index contributed by atoms with van der Waals surface area (Å²) in [5.74, 6) is 0.381. The minimum Gasteiger partial charge on any atom is -0.393 e. The van der Waals surface area contributed by atoms with Crippen LogP contribution in [0.1, 0.15) is 26.2 Å². The predicted molar refractivity (Wildman–Crippen MR) is 84.7 cm³/mol. The van der Waals surface area contributed by atoms with Crippen molar-refractivity contribution in [1.29, 1.82) is 0 Å². The zero-order chi connectivity index (χ0) is 15.5. The highest BCUT2D eigenvalue weighted by molar-refractivity contribution is 9.10. The van der Waals surface area contributed by atoms with E-state index in [2.05, 4.69) is 26.2 Å². The van der Waals surface area contributed by atoms with Gasteiger partial charge >= 0.3 is 0 Å². The minimum absolute atomic E-state index is 0.182. The van der Waals surface area contributed by atoms with Gasteiger partial charge in [-0.05, 0) is 41.3 Å². The number of sulfonamides is 1. The molecule has 1 aliphatic heterocycles. The molecule has 0 aromatic carbocycles. The van der Waals surface area contributed by atoms with E-state index in [1.165, 1.54) is 4.31 Å². The Bertz CT molecular complexity index is 586. The van der Waals surface area contributed by atoms with E-state index in [4.69, 9.17) is 0 Å². The fraction of sp³-hybridized carbons (Fsp3) is 0.615. The summed E-state index contributed by atoms with van der Waals surface area (Å²) in [5, 5.41) is 12.6. The maximum atomic E-state index is 12.8. The number of nitrogens with one attached hydrogen (secondary N) is 1. The molecule has 1 saturated heterocycles. The van der Waals surface area contributed by atoms with Gasteiger partial charge in [0.05, 0.1) is 6.10 Å². The monoisotopic (exact) mass is 377 g/mol. The molecule has 118 valence electrons. The van der Waals surface area contributed by atoms with E-state index in [1.807, 2.05) is 6.92 Å². The highest BCUT2D eigenvalue weighted by atomic mass is 79.9. The van der Waals surface area contributed by atoms with Crippen molar-refractivity contribution in [3.05, 3.63) is 16.7 Å². The van der Waals surface area contributed by atoms with E-state index in [9.17, 15) is 13.5 Å². The van der Waals surface area contributed by atoms with Crippen LogP contribution in [0.15, 0.2) is 21.6 Å². The van der Waals surface area contributed by atoms with Gasteiger partial charge in [-0.2, -0.15) is 4.31 Å². The summed E-state index contributed by atoms with van der Waals surface area (Å²) in [6, 6.07) is 1.57. The second-order valence-corrected chi connectivity index (χ2v) is 7.88. The summed E-state index contributed by atoms with van der Waals surface area (Å²) >= 11 is 3.28. The second-order valence-electron chi connectivity index (χ2n) is 5.06. The number of piperidine rings is 1. The summed E-state index contributed by atoms with van der Waals surface area (Å²) in [7, 11) is -3.60. The topological polar surface area (TPSA) is 82.5 Å². The molecule has 1 aliphatic rings. The van der Waals surface area contributed by atoms with Gasteiger partial charge in [-0.3, -0.25) is 0 Å². The molecule has 0 amide bonds. The molecule has 0 saturated carbocycles. The van der Waals surface area contributed by atoms with Crippen molar-refractivity contribution in [2.45, 2.75) is 37.2 Å². The van der Waals surface area contributed by atoms with Crippen LogP contribution in [-0.4, -0.2) is 48.6 Å². The molecular formula is C13H20BrN3O3S. The number of rotatable bonds is 5. The van der Waals surface area contributed by atoms with Crippen LogP contribution >= 0.6 is 15.9 Å². The minimum atomic E-state index is -3.60. The number of aromatic nitrogens is 1. The molecule has 1 aromatic rings. The first-order valence-corrected chi connectivity index (χ1v) is 9.26. The van der Waals surface area contributed by atoms with Gasteiger partial charge in [-0.1, -0.05) is 6.92 Å². The van der Waals surface area contributed by atoms with Gasteiger partial charge in [-0.15, -0.1) is 0 Å². The summed E-state index contributed by atoms with van der Waals surface area (Å²) < 4.78 is 27.6. The second kappa shape index (κ2) is 7.04. The molecule has 0 spiro atoms. The van der Waals surface area contributed by atoms with Crippen LogP contribution in [-0.2, 0) is 10.0 Å². The Kier molecular flexibility index (Phi) is 5.59. The molecule has 0 unspecified atom stereocenters. The Balaban J connectivity index is 2.32. The fourth-order valence-corrected chi connectivity index (χ4v) is 4.31. The quantitative estimate of drug-likeness (QED) is 0.817. The van der Waals surface area contributed by atoms with Crippen molar-refractivity contribution >= 4 is 31.8 Å². The average Bonchev–Trinajstić information content (AvgIpc) is 2.46. The number of anilines is 1. The Morgan fingerprint density at radius 2 is 2.14 bits per heavy atom. The first-order chi connectivity index (χ1) is 9.95. The van der Waals surface area contributed by atoms with Crippen LogP contribution in [0, 0.1) is 0 Å². The number of aliphatic hydroxyl groups excluding tert-OH is 1. The number of hydrogen-bond acceptors (Lipinski definition) is 5. The van der Waals surface area contributed by atoms with Crippen LogP contribution in [0.25, 0.3) is 0 Å². The third-order valence-electron chi connectivity index (χ3n) is 3.40. The van der Waals surface area contributed by atoms with Crippen LogP contribution in [0.5, 0.6) is 0 Å². The van der Waals surface area contributed by atoms with E-state index in [-0.39, 0.29) is 4.90 Å². The molecule has 1 fully saturated rings. The lowest BCUT2D eigenvalue weighted by Crippen LogP contribution is -2.40. The van der Waals surface area contributed by atoms with E-state index in [0.717, 1.165) is 6.42 Å². The smallest absolute Gasteiger partial charge is 0.246 e. The zero-order valence-corrected chi connectivity index (χ0v) is 14.3. The predicted octanol–water partition coefficient (Wildman–Crippen LogP) is 1.81. The molecule has 2 heterocycles. The van der Waals surface area contributed by atoms with Crippen molar-refractivity contribution < 1.29 is 13.5 Å². The van der Waals surface area contributed by atoms with E-state index >= 15 is 0 Å². The Labute approximate surface area is 133 Å². The molecular weight excluding hydrogens is 358 g/mol. The largest absolute Gasteiger partial charge is 0.393 e. The van der Waals surface area contributed by atoms with Gasteiger partial charge in [0, 0.05) is 30.3 Å². The van der Waals surface area contributed by atoms with Crippen molar-refractivity contribution in [2.24, 2.45) is 0 Å². The summed E-state index contributed by atoms with van der Waals surface area (Å²) in [6.07, 6.45) is 3.00. The van der Waals surface area contributed by atoms with Crippen molar-refractivity contribution in [2.75, 3.05) is 25.0 Å². The molecule has 21 heavy (non-hydrogen) atoms. The van der Waals surface area contributed by atoms with Crippen molar-refractivity contribution in [3.63, 3.8) is 0 Å². The first kappa shape index (κ1) is 16.7. The fourth-order valence-electron chi connectivity index (χ4n) is 2.22. The third-order valence-corrected chi connectivity index (χ3v) is 5.75. The molecule has 8 heteroatoms. The number of aliphatic hydroxyl groups is 1. The number of hydrogen-bond donors (Lipinski definition) is 2. The molecule has 6 nitrogen and oxygen atoms in total. The van der Waals surface area contributed by atoms with Gasteiger partial charge in [0.1, 0.15) is 10.7 Å². The lowest BCUT2D eigenvalue weighted by atomic mass is 10.1. The van der Waals surface area contributed by atoms with Gasteiger partial charge in [-0.25, -0.2) is 13.4 Å². The number of halogens is 1. The molecule has 0 radical (unpaired) electrons. The molecule has 0 bridgehead atoms. The zero-order valence-electron chi connectivity index (χ0n) is 11.9. The molecule has 2 rings (SSSR count). The first-order valence-electron chi connectivity index (χ1n) is 7.02. The number of nitrogens with zero attached hydrogens (tertiary/aromatic N) is 2. The molecule has 2 N–H and O–H groups in total. The molecule has 0 atom stereocenters. The van der Waals surface area contributed by atoms with Gasteiger partial charge in [0.15, 0.2) is 0 Å². The highest BCUT2D eigenvalue weighted by Gasteiger charge is 2.31. The maximum absolute atomic E-state index is 12.8. The van der Waals surface area contributed by atoms with Crippen LogP contribution in [0.3, 0.4) is 0 Å². The Hall–Kier alpha value is -0.700. The van der Waals surface area contributed by atoms with E-state index in [0.29, 0.717) is 42.8 Å². The Morgan fingerprint density at radius 1 is 1.48 bits per heavy atom. The van der Waals surface area contributed by atoms with Crippen LogP contribution < -0.4 is 5.32 Å². The van der Waals surface area contributed by atoms with Gasteiger partial charge < -0.3 is 10.4 Å². The lowest BCUT2D eigenvalue weighted by molar-refractivity contribution is 0.113. The standard InChI is InChI=1S/C13H20BrN3O3S/c1-2-5-15-13-12(8-10(14)9-16-13)21(19,20)17-6-3-11(18)4-7-17/h8-9,11,18H,2-7H2,1H3,(H,15,16). The van der Waals surface area contributed by atoms with Crippen molar-refractivity contribution in [3.8, 4) is 0 Å². The highest BCUT2D eigenvalue weighted by Crippen LogP contribution is 2.28. The van der Waals surface area contributed by atoms with Gasteiger partial charge in [0.25, 0.3) is 0 Å². The summed E-state index contributed by atoms with van der Waals surface area (Å²) in [6.45, 7) is 3.34. The average molecular weight is 378 g/mol. The third kappa shape index (κ3) is 3.94. The SMILES string of the molecule is CCCNc1ncc(Br)cc1S(=O)(=O)N1CCC(O)CC1. The molecule has 1 aromatic heterocycles. The van der Waals surface area contributed by atoms with Gasteiger partial charge in [0.2, 0.25) is 10.0 Å². The summed E-state index contributed by atoms with van der Waals surface area (Å²) in [4.78, 5) is 4.36. The number of pyridine rings is 1. The lowest BCUT2D eigenvalue weighted by Gasteiger charge is -2.29.